The van der Waals surface area contributed by atoms with Crippen molar-refractivity contribution in [3.8, 4) is 0 Å². The molecule has 3 aromatic carbocycles. The first-order valence-corrected chi connectivity index (χ1v) is 13.8. The number of nitrogens with one attached hydrogen (secondary N) is 1. The fraction of sp³-hybridized carbons (Fsp3) is 0.310. The molecule has 0 bridgehead atoms. The standard InChI is InChI=1S/C29H35N3O4S/c1-6-25-12-7-8-13-27(25)32(37(35,36)26-16-14-21(2)15-17-26)20-28(33)31(23(4)29(34)30-5)19-24-11-9-10-22(3)18-24/h7-18,23H,6,19-20H2,1-5H3,(H,30,34). The molecule has 7 nitrogen and oxygen atoms in total. The van der Waals surface area contributed by atoms with E-state index in [1.165, 1.54) is 16.3 Å². The minimum absolute atomic E-state index is 0.0985. The van der Waals surface area contributed by atoms with E-state index in [0.29, 0.717) is 12.1 Å². The maximum absolute atomic E-state index is 13.9. The zero-order valence-electron chi connectivity index (χ0n) is 22.1. The molecule has 8 heteroatoms. The SMILES string of the molecule is CCc1ccccc1N(CC(=O)N(Cc1cccc(C)c1)C(C)C(=O)NC)S(=O)(=O)c1ccc(C)cc1. The number of rotatable bonds is 10. The lowest BCUT2D eigenvalue weighted by Crippen LogP contribution is -2.50. The van der Waals surface area contributed by atoms with Crippen molar-refractivity contribution in [3.63, 3.8) is 0 Å². The van der Waals surface area contributed by atoms with E-state index in [2.05, 4.69) is 5.32 Å². The topological polar surface area (TPSA) is 86.8 Å². The van der Waals surface area contributed by atoms with Crippen LogP contribution in [0.4, 0.5) is 5.69 Å². The van der Waals surface area contributed by atoms with E-state index in [-0.39, 0.29) is 17.3 Å². The lowest BCUT2D eigenvalue weighted by molar-refractivity contribution is -0.139. The molecule has 2 amide bonds. The van der Waals surface area contributed by atoms with Gasteiger partial charge in [-0.25, -0.2) is 8.42 Å². The Morgan fingerprint density at radius 2 is 1.59 bits per heavy atom. The Kier molecular flexibility index (Phi) is 9.10. The predicted molar refractivity (Wildman–Crippen MR) is 147 cm³/mol. The summed E-state index contributed by atoms with van der Waals surface area (Å²) in [7, 11) is -2.56. The maximum atomic E-state index is 13.9. The molecule has 0 saturated heterocycles. The summed E-state index contributed by atoms with van der Waals surface area (Å²) < 4.78 is 29.0. The van der Waals surface area contributed by atoms with Gasteiger partial charge in [-0.05, 0) is 56.5 Å². The third-order valence-electron chi connectivity index (χ3n) is 6.38. The number of carbonyl (C=O) groups excluding carboxylic acids is 2. The van der Waals surface area contributed by atoms with Crippen molar-refractivity contribution in [1.82, 2.24) is 10.2 Å². The lowest BCUT2D eigenvalue weighted by atomic mass is 10.1. The Balaban J connectivity index is 2.07. The zero-order valence-corrected chi connectivity index (χ0v) is 22.9. The van der Waals surface area contributed by atoms with E-state index in [1.807, 2.05) is 57.2 Å². The summed E-state index contributed by atoms with van der Waals surface area (Å²) in [5.41, 5.74) is 4.06. The van der Waals surface area contributed by atoms with Crippen LogP contribution in [0.1, 0.15) is 36.1 Å². The number of likely N-dealkylation sites (N-methyl/N-ethyl adjacent to an activating group) is 1. The molecule has 0 saturated carbocycles. The number of hydrogen-bond donors (Lipinski definition) is 1. The normalized spacial score (nSPS) is 12.0. The Hall–Kier alpha value is -3.65. The first-order chi connectivity index (χ1) is 17.6. The Morgan fingerprint density at radius 1 is 0.919 bits per heavy atom. The van der Waals surface area contributed by atoms with Gasteiger partial charge in [-0.1, -0.05) is 72.6 Å². The largest absolute Gasteiger partial charge is 0.357 e. The molecule has 0 heterocycles. The van der Waals surface area contributed by atoms with Crippen LogP contribution in [0, 0.1) is 13.8 Å². The number of benzene rings is 3. The fourth-order valence-corrected chi connectivity index (χ4v) is 5.65. The minimum atomic E-state index is -4.08. The van der Waals surface area contributed by atoms with E-state index in [4.69, 9.17) is 0 Å². The number of anilines is 1. The smallest absolute Gasteiger partial charge is 0.264 e. The molecule has 1 N–H and O–H groups in total. The summed E-state index contributed by atoms with van der Waals surface area (Å²) in [5.74, 6) is -0.804. The molecule has 0 aromatic heterocycles. The number of carbonyl (C=O) groups is 2. The molecule has 37 heavy (non-hydrogen) atoms. The molecule has 0 aliphatic carbocycles. The van der Waals surface area contributed by atoms with E-state index in [0.717, 1.165) is 22.3 Å². The Morgan fingerprint density at radius 3 is 2.22 bits per heavy atom. The molecular weight excluding hydrogens is 486 g/mol. The number of hydrogen-bond acceptors (Lipinski definition) is 4. The van der Waals surface area contributed by atoms with E-state index >= 15 is 0 Å². The lowest BCUT2D eigenvalue weighted by Gasteiger charge is -2.32. The number of amides is 2. The molecule has 0 spiro atoms. The second-order valence-corrected chi connectivity index (χ2v) is 11.0. The first kappa shape index (κ1) is 27.9. The summed E-state index contributed by atoms with van der Waals surface area (Å²) in [5, 5.41) is 2.60. The van der Waals surface area contributed by atoms with Gasteiger partial charge in [0, 0.05) is 13.6 Å². The molecule has 0 aliphatic heterocycles. The van der Waals surface area contributed by atoms with Gasteiger partial charge < -0.3 is 10.2 Å². The van der Waals surface area contributed by atoms with Crippen molar-refractivity contribution >= 4 is 27.5 Å². The van der Waals surface area contributed by atoms with Crippen LogP contribution >= 0.6 is 0 Å². The molecule has 0 radical (unpaired) electrons. The summed E-state index contributed by atoms with van der Waals surface area (Å²) >= 11 is 0. The van der Waals surface area contributed by atoms with Crippen LogP contribution in [0.25, 0.3) is 0 Å². The molecule has 1 atom stereocenters. The second kappa shape index (κ2) is 12.1. The Bertz CT molecular complexity index is 1350. The van der Waals surface area contributed by atoms with Crippen LogP contribution in [0.2, 0.25) is 0 Å². The third kappa shape index (κ3) is 6.57. The number of nitrogens with zero attached hydrogens (tertiary/aromatic N) is 2. The van der Waals surface area contributed by atoms with Crippen LogP contribution in [0.15, 0.2) is 77.7 Å². The quantitative estimate of drug-likeness (QED) is 0.433. The van der Waals surface area contributed by atoms with Gasteiger partial charge in [-0.2, -0.15) is 0 Å². The number of para-hydroxylation sites is 1. The van der Waals surface area contributed by atoms with Gasteiger partial charge in [0.1, 0.15) is 12.6 Å². The molecule has 0 fully saturated rings. The van der Waals surface area contributed by atoms with Crippen molar-refractivity contribution < 1.29 is 18.0 Å². The van der Waals surface area contributed by atoms with Gasteiger partial charge in [0.15, 0.2) is 0 Å². The van der Waals surface area contributed by atoms with Crippen LogP contribution < -0.4 is 9.62 Å². The highest BCUT2D eigenvalue weighted by atomic mass is 32.2. The van der Waals surface area contributed by atoms with Crippen molar-refractivity contribution in [2.24, 2.45) is 0 Å². The number of aryl methyl sites for hydroxylation is 3. The zero-order chi connectivity index (χ0) is 27.2. The minimum Gasteiger partial charge on any atom is -0.357 e. The monoisotopic (exact) mass is 521 g/mol. The second-order valence-electron chi connectivity index (χ2n) is 9.11. The van der Waals surface area contributed by atoms with Gasteiger partial charge in [0.2, 0.25) is 11.8 Å². The van der Waals surface area contributed by atoms with Gasteiger partial charge in [0.25, 0.3) is 10.0 Å². The average Bonchev–Trinajstić information content (AvgIpc) is 2.89. The molecule has 1 unspecified atom stereocenters. The average molecular weight is 522 g/mol. The molecule has 3 rings (SSSR count). The summed E-state index contributed by atoms with van der Waals surface area (Å²) in [6, 6.07) is 20.6. The van der Waals surface area contributed by atoms with E-state index in [9.17, 15) is 18.0 Å². The summed E-state index contributed by atoms with van der Waals surface area (Å²) in [6.45, 7) is 7.15. The fourth-order valence-electron chi connectivity index (χ4n) is 4.20. The van der Waals surface area contributed by atoms with E-state index in [1.54, 1.807) is 43.3 Å². The number of sulfonamides is 1. The highest BCUT2D eigenvalue weighted by Gasteiger charge is 2.33. The first-order valence-electron chi connectivity index (χ1n) is 12.3. The highest BCUT2D eigenvalue weighted by Crippen LogP contribution is 2.28. The maximum Gasteiger partial charge on any atom is 0.264 e. The van der Waals surface area contributed by atoms with Crippen LogP contribution in [0.3, 0.4) is 0 Å². The van der Waals surface area contributed by atoms with Crippen LogP contribution in [0.5, 0.6) is 0 Å². The van der Waals surface area contributed by atoms with Gasteiger partial charge in [-0.15, -0.1) is 0 Å². The van der Waals surface area contributed by atoms with Gasteiger partial charge in [-0.3, -0.25) is 13.9 Å². The van der Waals surface area contributed by atoms with Gasteiger partial charge in [0.05, 0.1) is 10.6 Å². The van der Waals surface area contributed by atoms with Crippen molar-refractivity contribution in [3.05, 3.63) is 95.1 Å². The van der Waals surface area contributed by atoms with Crippen molar-refractivity contribution in [2.45, 2.75) is 51.6 Å². The third-order valence-corrected chi connectivity index (χ3v) is 8.15. The summed E-state index contributed by atoms with van der Waals surface area (Å²) in [6.07, 6.45) is 0.589. The van der Waals surface area contributed by atoms with Crippen LogP contribution in [-0.2, 0) is 32.6 Å². The molecular formula is C29H35N3O4S. The molecule has 0 aliphatic rings. The van der Waals surface area contributed by atoms with Crippen LogP contribution in [-0.4, -0.2) is 44.8 Å². The Labute approximate surface area is 220 Å². The summed E-state index contributed by atoms with van der Waals surface area (Å²) in [4.78, 5) is 28.0. The molecule has 3 aromatic rings. The molecule has 196 valence electrons. The van der Waals surface area contributed by atoms with Crippen molar-refractivity contribution in [1.29, 1.82) is 0 Å². The highest BCUT2D eigenvalue weighted by molar-refractivity contribution is 7.92. The predicted octanol–water partition coefficient (Wildman–Crippen LogP) is 4.22. The van der Waals surface area contributed by atoms with Crippen molar-refractivity contribution in [2.75, 3.05) is 17.9 Å². The van der Waals surface area contributed by atoms with Gasteiger partial charge >= 0.3 is 0 Å². The van der Waals surface area contributed by atoms with E-state index < -0.39 is 28.5 Å².